The van der Waals surface area contributed by atoms with Crippen LogP contribution in [0.3, 0.4) is 0 Å². The van der Waals surface area contributed by atoms with Crippen molar-refractivity contribution in [2.75, 3.05) is 25.0 Å². The predicted molar refractivity (Wildman–Crippen MR) is 109 cm³/mol. The van der Waals surface area contributed by atoms with Crippen molar-refractivity contribution in [3.63, 3.8) is 0 Å². The summed E-state index contributed by atoms with van der Waals surface area (Å²) in [5.41, 5.74) is 2.27. The molecule has 0 spiro atoms. The van der Waals surface area contributed by atoms with Crippen LogP contribution >= 0.6 is 0 Å². The molecule has 0 atom stereocenters. The summed E-state index contributed by atoms with van der Waals surface area (Å²) in [4.78, 5) is 35.1. The average molecular weight is 384 g/mol. The highest BCUT2D eigenvalue weighted by atomic mass is 16.5. The number of carbonyl (C=O) groups excluding carboxylic acids is 2. The van der Waals surface area contributed by atoms with Crippen molar-refractivity contribution in [1.82, 2.24) is 14.9 Å². The Morgan fingerprint density at radius 3 is 2.25 bits per heavy atom. The first kappa shape index (κ1) is 21.3. The third-order valence-electron chi connectivity index (χ3n) is 4.00. The molecule has 2 rings (SSSR count). The van der Waals surface area contributed by atoms with E-state index in [1.807, 2.05) is 25.7 Å². The molecular formula is C21H28N4O3. The van der Waals surface area contributed by atoms with E-state index >= 15 is 0 Å². The fourth-order valence-corrected chi connectivity index (χ4v) is 2.78. The molecular weight excluding hydrogens is 356 g/mol. The van der Waals surface area contributed by atoms with Crippen molar-refractivity contribution in [2.45, 2.75) is 40.5 Å². The molecule has 0 radical (unpaired) electrons. The van der Waals surface area contributed by atoms with Crippen LogP contribution in [0, 0.1) is 6.92 Å². The lowest BCUT2D eigenvalue weighted by Crippen LogP contribution is -2.33. The summed E-state index contributed by atoms with van der Waals surface area (Å²) >= 11 is 0. The van der Waals surface area contributed by atoms with Crippen LogP contribution in [0.1, 0.15) is 60.2 Å². The van der Waals surface area contributed by atoms with Gasteiger partial charge in [-0.15, -0.1) is 0 Å². The summed E-state index contributed by atoms with van der Waals surface area (Å²) < 4.78 is 4.98. The number of nitrogens with one attached hydrogen (secondary N) is 1. The Morgan fingerprint density at radius 2 is 1.68 bits per heavy atom. The van der Waals surface area contributed by atoms with Crippen LogP contribution in [0.4, 0.5) is 11.6 Å². The number of rotatable bonds is 9. The van der Waals surface area contributed by atoms with Crippen LogP contribution in [0.2, 0.25) is 0 Å². The Bertz CT molecular complexity index is 800. The second kappa shape index (κ2) is 10.4. The van der Waals surface area contributed by atoms with Gasteiger partial charge in [-0.05, 0) is 57.0 Å². The zero-order valence-electron chi connectivity index (χ0n) is 17.0. The van der Waals surface area contributed by atoms with E-state index in [1.165, 1.54) is 0 Å². The SMILES string of the molecule is CCCN(CCC)C(=O)c1cc(C)nc(Nc2ccc(C(=O)OCC)cc2)n1. The minimum absolute atomic E-state index is 0.0880. The Hall–Kier alpha value is -2.96. The number of aromatic nitrogens is 2. The molecule has 1 N–H and O–H groups in total. The summed E-state index contributed by atoms with van der Waals surface area (Å²) in [6.07, 6.45) is 1.79. The van der Waals surface area contributed by atoms with Gasteiger partial charge >= 0.3 is 5.97 Å². The number of anilines is 2. The second-order valence-electron chi connectivity index (χ2n) is 6.43. The maximum absolute atomic E-state index is 12.8. The summed E-state index contributed by atoms with van der Waals surface area (Å²) in [5.74, 6) is -0.101. The molecule has 0 saturated heterocycles. The molecule has 1 amide bonds. The van der Waals surface area contributed by atoms with Gasteiger partial charge in [-0.2, -0.15) is 0 Å². The smallest absolute Gasteiger partial charge is 0.338 e. The van der Waals surface area contributed by atoms with E-state index in [1.54, 1.807) is 37.3 Å². The highest BCUT2D eigenvalue weighted by Gasteiger charge is 2.17. The molecule has 7 nitrogen and oxygen atoms in total. The van der Waals surface area contributed by atoms with Crippen molar-refractivity contribution >= 4 is 23.5 Å². The largest absolute Gasteiger partial charge is 0.462 e. The lowest BCUT2D eigenvalue weighted by Gasteiger charge is -2.21. The zero-order valence-corrected chi connectivity index (χ0v) is 17.0. The maximum atomic E-state index is 12.8. The molecule has 1 heterocycles. The van der Waals surface area contributed by atoms with Gasteiger partial charge in [-0.25, -0.2) is 14.8 Å². The first-order valence-electron chi connectivity index (χ1n) is 9.67. The van der Waals surface area contributed by atoms with E-state index in [-0.39, 0.29) is 11.9 Å². The number of esters is 1. The van der Waals surface area contributed by atoms with Crippen molar-refractivity contribution in [2.24, 2.45) is 0 Å². The number of carbonyl (C=O) groups is 2. The van der Waals surface area contributed by atoms with Crippen LogP contribution in [0.5, 0.6) is 0 Å². The highest BCUT2D eigenvalue weighted by Crippen LogP contribution is 2.16. The van der Waals surface area contributed by atoms with Gasteiger partial charge in [-0.1, -0.05) is 13.8 Å². The van der Waals surface area contributed by atoms with Gasteiger partial charge < -0.3 is 15.0 Å². The molecule has 1 aromatic heterocycles. The van der Waals surface area contributed by atoms with E-state index in [0.29, 0.717) is 42.6 Å². The van der Waals surface area contributed by atoms with Gasteiger partial charge in [-0.3, -0.25) is 4.79 Å². The van der Waals surface area contributed by atoms with Crippen LogP contribution in [0.15, 0.2) is 30.3 Å². The van der Waals surface area contributed by atoms with Gasteiger partial charge in [0.25, 0.3) is 5.91 Å². The molecule has 0 aliphatic carbocycles. The van der Waals surface area contributed by atoms with Crippen molar-refractivity contribution in [1.29, 1.82) is 0 Å². The number of nitrogens with zero attached hydrogens (tertiary/aromatic N) is 3. The summed E-state index contributed by atoms with van der Waals surface area (Å²) in [6.45, 7) is 9.44. The van der Waals surface area contributed by atoms with E-state index in [9.17, 15) is 9.59 Å². The Kier molecular flexibility index (Phi) is 7.92. The van der Waals surface area contributed by atoms with E-state index in [0.717, 1.165) is 18.5 Å². The molecule has 0 unspecified atom stereocenters. The summed E-state index contributed by atoms with van der Waals surface area (Å²) in [6, 6.07) is 8.55. The second-order valence-corrected chi connectivity index (χ2v) is 6.43. The Labute approximate surface area is 166 Å². The highest BCUT2D eigenvalue weighted by molar-refractivity contribution is 5.93. The fourth-order valence-electron chi connectivity index (χ4n) is 2.78. The van der Waals surface area contributed by atoms with E-state index in [4.69, 9.17) is 4.74 Å². The summed E-state index contributed by atoms with van der Waals surface area (Å²) in [7, 11) is 0. The van der Waals surface area contributed by atoms with Gasteiger partial charge in [0, 0.05) is 24.5 Å². The third-order valence-corrected chi connectivity index (χ3v) is 4.00. The van der Waals surface area contributed by atoms with Crippen LogP contribution in [0.25, 0.3) is 0 Å². The molecule has 2 aromatic rings. The number of benzene rings is 1. The number of hydrogen-bond donors (Lipinski definition) is 1. The lowest BCUT2D eigenvalue weighted by atomic mass is 10.2. The standard InChI is InChI=1S/C21H28N4O3/c1-5-12-25(13-6-2)19(26)18-14-15(4)22-21(24-18)23-17-10-8-16(9-11-17)20(27)28-7-3/h8-11,14H,5-7,12-13H2,1-4H3,(H,22,23,24). The Morgan fingerprint density at radius 1 is 1.04 bits per heavy atom. The number of aryl methyl sites for hydroxylation is 1. The average Bonchev–Trinajstić information content (AvgIpc) is 2.67. The first-order valence-corrected chi connectivity index (χ1v) is 9.67. The minimum atomic E-state index is -0.360. The van der Waals surface area contributed by atoms with Crippen molar-refractivity contribution in [3.05, 3.63) is 47.3 Å². The fraction of sp³-hybridized carbons (Fsp3) is 0.429. The number of hydrogen-bond acceptors (Lipinski definition) is 6. The van der Waals surface area contributed by atoms with Gasteiger partial charge in [0.2, 0.25) is 5.95 Å². The Balaban J connectivity index is 2.18. The summed E-state index contributed by atoms with van der Waals surface area (Å²) in [5, 5.41) is 3.10. The third kappa shape index (κ3) is 5.77. The molecule has 0 aliphatic heterocycles. The van der Waals surface area contributed by atoms with E-state index in [2.05, 4.69) is 15.3 Å². The van der Waals surface area contributed by atoms with Gasteiger partial charge in [0.05, 0.1) is 12.2 Å². The zero-order chi connectivity index (χ0) is 20.5. The normalized spacial score (nSPS) is 10.4. The van der Waals surface area contributed by atoms with Gasteiger partial charge in [0.1, 0.15) is 5.69 Å². The molecule has 0 aliphatic rings. The molecule has 0 saturated carbocycles. The minimum Gasteiger partial charge on any atom is -0.462 e. The maximum Gasteiger partial charge on any atom is 0.338 e. The quantitative estimate of drug-likeness (QED) is 0.659. The molecule has 0 bridgehead atoms. The van der Waals surface area contributed by atoms with Crippen LogP contribution in [-0.4, -0.2) is 46.4 Å². The van der Waals surface area contributed by atoms with Crippen LogP contribution < -0.4 is 5.32 Å². The topological polar surface area (TPSA) is 84.4 Å². The molecule has 1 aromatic carbocycles. The van der Waals surface area contributed by atoms with Gasteiger partial charge in [0.15, 0.2) is 0 Å². The van der Waals surface area contributed by atoms with Crippen molar-refractivity contribution < 1.29 is 14.3 Å². The number of ether oxygens (including phenoxy) is 1. The molecule has 0 fully saturated rings. The lowest BCUT2D eigenvalue weighted by molar-refractivity contribution is 0.0526. The molecule has 7 heteroatoms. The van der Waals surface area contributed by atoms with E-state index < -0.39 is 0 Å². The van der Waals surface area contributed by atoms with Crippen molar-refractivity contribution in [3.8, 4) is 0 Å². The number of amides is 1. The monoisotopic (exact) mass is 384 g/mol. The molecule has 150 valence electrons. The predicted octanol–water partition coefficient (Wildman–Crippen LogP) is 3.97. The van der Waals surface area contributed by atoms with Crippen LogP contribution in [-0.2, 0) is 4.74 Å². The molecule has 28 heavy (non-hydrogen) atoms. The first-order chi connectivity index (χ1) is 13.5.